The molecule has 2 aromatic heterocycles. The lowest BCUT2D eigenvalue weighted by Crippen LogP contribution is -2.42. The van der Waals surface area contributed by atoms with Gasteiger partial charge in [-0.2, -0.15) is 11.8 Å². The minimum Gasteiger partial charge on any atom is -0.370 e. The van der Waals surface area contributed by atoms with E-state index in [0.29, 0.717) is 5.96 Å². The number of hydrogen-bond acceptors (Lipinski definition) is 3. The highest BCUT2D eigenvalue weighted by atomic mass is 127. The number of fused-ring (bicyclic) bond motifs is 1. The molecule has 1 saturated heterocycles. The molecule has 0 unspecified atom stereocenters. The van der Waals surface area contributed by atoms with E-state index in [2.05, 4.69) is 25.9 Å². The monoisotopic (exact) mass is 417 g/mol. The molecule has 5 nitrogen and oxygen atoms in total. The number of H-pyrrole nitrogens is 1. The fourth-order valence-electron chi connectivity index (χ4n) is 2.40. The van der Waals surface area contributed by atoms with E-state index >= 15 is 0 Å². The van der Waals surface area contributed by atoms with Gasteiger partial charge in [0, 0.05) is 48.9 Å². The number of aliphatic imine (C=N–C) groups is 1. The number of aromatic nitrogens is 2. The van der Waals surface area contributed by atoms with Gasteiger partial charge in [0.15, 0.2) is 5.96 Å². The van der Waals surface area contributed by atoms with Crippen LogP contribution in [0.25, 0.3) is 11.0 Å². The van der Waals surface area contributed by atoms with Crippen LogP contribution in [0.5, 0.6) is 0 Å². The van der Waals surface area contributed by atoms with Crippen LogP contribution < -0.4 is 5.73 Å². The first kappa shape index (κ1) is 16.4. The van der Waals surface area contributed by atoms with E-state index < -0.39 is 0 Å². The molecule has 7 heteroatoms. The van der Waals surface area contributed by atoms with Crippen LogP contribution in [0.15, 0.2) is 29.5 Å². The molecule has 0 spiro atoms. The maximum absolute atomic E-state index is 6.05. The Morgan fingerprint density at radius 2 is 2.24 bits per heavy atom. The Morgan fingerprint density at radius 3 is 3.05 bits per heavy atom. The van der Waals surface area contributed by atoms with Crippen molar-refractivity contribution >= 4 is 52.7 Å². The third-order valence-electron chi connectivity index (χ3n) is 3.53. The number of hydrogen-bond donors (Lipinski definition) is 2. The van der Waals surface area contributed by atoms with E-state index in [0.717, 1.165) is 43.2 Å². The maximum Gasteiger partial charge on any atom is 0.191 e. The summed E-state index contributed by atoms with van der Waals surface area (Å²) in [6.07, 6.45) is 4.70. The van der Waals surface area contributed by atoms with E-state index in [1.807, 2.05) is 24.0 Å². The molecule has 1 aliphatic heterocycles. The summed E-state index contributed by atoms with van der Waals surface area (Å²) in [6.45, 7) is 2.74. The number of aromatic amines is 1. The Balaban J connectivity index is 0.00000161. The van der Waals surface area contributed by atoms with Gasteiger partial charge in [-0.3, -0.25) is 4.99 Å². The maximum atomic E-state index is 6.05. The van der Waals surface area contributed by atoms with E-state index in [9.17, 15) is 0 Å². The van der Waals surface area contributed by atoms with Crippen LogP contribution in [-0.4, -0.2) is 52.0 Å². The number of pyridine rings is 1. The Hall–Kier alpha value is -0.960. The molecule has 0 aromatic carbocycles. The van der Waals surface area contributed by atoms with Crippen LogP contribution in [0.4, 0.5) is 0 Å². The van der Waals surface area contributed by atoms with Crippen molar-refractivity contribution in [3.8, 4) is 0 Å². The van der Waals surface area contributed by atoms with Crippen molar-refractivity contribution in [3.63, 3.8) is 0 Å². The average Bonchev–Trinajstić information content (AvgIpc) is 2.92. The minimum atomic E-state index is 0. The smallest absolute Gasteiger partial charge is 0.191 e. The van der Waals surface area contributed by atoms with Crippen molar-refractivity contribution in [1.29, 1.82) is 0 Å². The molecule has 114 valence electrons. The van der Waals surface area contributed by atoms with Crippen LogP contribution in [0.1, 0.15) is 5.56 Å². The lowest BCUT2D eigenvalue weighted by molar-refractivity contribution is 0.456. The molecule has 0 saturated carbocycles. The number of nitrogens with zero attached hydrogens (tertiary/aromatic N) is 3. The standard InChI is InChI=1S/C14H19N5S.HI/c15-14(19-6-8-20-9-7-19)17-5-3-11-10-18-13-12(11)2-1-4-16-13;/h1-2,4,10H,3,5-9H2,(H2,15,17)(H,16,18);1H. The van der Waals surface area contributed by atoms with E-state index in [-0.39, 0.29) is 24.0 Å². The normalized spacial score (nSPS) is 16.0. The summed E-state index contributed by atoms with van der Waals surface area (Å²) < 4.78 is 0. The molecule has 0 amide bonds. The topological polar surface area (TPSA) is 70.3 Å². The Kier molecular flexibility index (Phi) is 6.16. The van der Waals surface area contributed by atoms with Gasteiger partial charge < -0.3 is 15.6 Å². The highest BCUT2D eigenvalue weighted by Crippen LogP contribution is 2.16. The molecule has 3 N–H and O–H groups in total. The van der Waals surface area contributed by atoms with Crippen molar-refractivity contribution in [2.24, 2.45) is 10.7 Å². The lowest BCUT2D eigenvalue weighted by Gasteiger charge is -2.27. The molecule has 3 heterocycles. The molecule has 0 radical (unpaired) electrons. The van der Waals surface area contributed by atoms with Crippen LogP contribution in [0.3, 0.4) is 0 Å². The van der Waals surface area contributed by atoms with E-state index in [1.165, 1.54) is 10.9 Å². The van der Waals surface area contributed by atoms with Crippen molar-refractivity contribution in [3.05, 3.63) is 30.1 Å². The third-order valence-corrected chi connectivity index (χ3v) is 4.47. The van der Waals surface area contributed by atoms with Gasteiger partial charge in [0.2, 0.25) is 0 Å². The molecule has 2 aromatic rings. The molecule has 1 aliphatic rings. The Labute approximate surface area is 145 Å². The summed E-state index contributed by atoms with van der Waals surface area (Å²) in [5.74, 6) is 2.97. The number of nitrogens with one attached hydrogen (secondary N) is 1. The second-order valence-corrected chi connectivity index (χ2v) is 6.03. The van der Waals surface area contributed by atoms with Crippen LogP contribution >= 0.6 is 35.7 Å². The first-order chi connectivity index (χ1) is 9.84. The largest absolute Gasteiger partial charge is 0.370 e. The molecule has 0 aliphatic carbocycles. The number of rotatable bonds is 3. The lowest BCUT2D eigenvalue weighted by atomic mass is 10.1. The summed E-state index contributed by atoms with van der Waals surface area (Å²) in [4.78, 5) is 14.2. The SMILES string of the molecule is I.NC(=NCCc1c[nH]c2ncccc12)N1CCSCC1. The molecule has 21 heavy (non-hydrogen) atoms. The Morgan fingerprint density at radius 1 is 1.43 bits per heavy atom. The van der Waals surface area contributed by atoms with Crippen LogP contribution in [-0.2, 0) is 6.42 Å². The summed E-state index contributed by atoms with van der Waals surface area (Å²) in [7, 11) is 0. The first-order valence-corrected chi connectivity index (χ1v) is 8.03. The van der Waals surface area contributed by atoms with E-state index in [4.69, 9.17) is 5.73 Å². The highest BCUT2D eigenvalue weighted by molar-refractivity contribution is 14.0. The fourth-order valence-corrected chi connectivity index (χ4v) is 3.31. The van der Waals surface area contributed by atoms with Gasteiger partial charge in [0.05, 0.1) is 0 Å². The molecule has 3 rings (SSSR count). The average molecular weight is 417 g/mol. The predicted molar refractivity (Wildman–Crippen MR) is 101 cm³/mol. The van der Waals surface area contributed by atoms with Crippen LogP contribution in [0.2, 0.25) is 0 Å². The van der Waals surface area contributed by atoms with Gasteiger partial charge in [-0.1, -0.05) is 0 Å². The molecule has 1 fully saturated rings. The Bertz CT molecular complexity index is 606. The summed E-state index contributed by atoms with van der Waals surface area (Å²) >= 11 is 1.98. The fraction of sp³-hybridized carbons (Fsp3) is 0.429. The third kappa shape index (κ3) is 4.03. The second-order valence-electron chi connectivity index (χ2n) is 4.80. The summed E-state index contributed by atoms with van der Waals surface area (Å²) in [5, 5.41) is 1.18. The van der Waals surface area contributed by atoms with Crippen molar-refractivity contribution in [2.75, 3.05) is 31.1 Å². The highest BCUT2D eigenvalue weighted by Gasteiger charge is 2.12. The zero-order chi connectivity index (χ0) is 13.8. The number of halogens is 1. The quantitative estimate of drug-likeness (QED) is 0.456. The number of nitrogens with two attached hydrogens (primary N) is 1. The van der Waals surface area contributed by atoms with Crippen molar-refractivity contribution < 1.29 is 0 Å². The molecule has 0 atom stereocenters. The molecule has 0 bridgehead atoms. The zero-order valence-corrected chi connectivity index (χ0v) is 14.9. The van der Waals surface area contributed by atoms with E-state index in [1.54, 1.807) is 6.20 Å². The van der Waals surface area contributed by atoms with Crippen molar-refractivity contribution in [2.45, 2.75) is 6.42 Å². The van der Waals surface area contributed by atoms with Gasteiger partial charge in [0.1, 0.15) is 5.65 Å². The van der Waals surface area contributed by atoms with Gasteiger partial charge >= 0.3 is 0 Å². The van der Waals surface area contributed by atoms with Gasteiger partial charge in [-0.15, -0.1) is 24.0 Å². The predicted octanol–water partition coefficient (Wildman–Crippen LogP) is 2.09. The molecular weight excluding hydrogens is 397 g/mol. The first-order valence-electron chi connectivity index (χ1n) is 6.88. The number of thioether (sulfide) groups is 1. The van der Waals surface area contributed by atoms with Gasteiger partial charge in [-0.25, -0.2) is 4.98 Å². The summed E-state index contributed by atoms with van der Waals surface area (Å²) in [5.41, 5.74) is 8.23. The minimum absolute atomic E-state index is 0. The van der Waals surface area contributed by atoms with Gasteiger partial charge in [-0.05, 0) is 24.1 Å². The van der Waals surface area contributed by atoms with Crippen molar-refractivity contribution in [1.82, 2.24) is 14.9 Å². The number of guanidine groups is 1. The van der Waals surface area contributed by atoms with Crippen LogP contribution in [0, 0.1) is 0 Å². The summed E-state index contributed by atoms with van der Waals surface area (Å²) in [6, 6.07) is 4.05. The second kappa shape index (κ2) is 7.88. The zero-order valence-electron chi connectivity index (χ0n) is 11.8. The molecular formula is C14H20IN5S. The van der Waals surface area contributed by atoms with Gasteiger partial charge in [0.25, 0.3) is 0 Å².